The molecule has 0 N–H and O–H groups in total. The largest absolute Gasteiger partial charge is 0.337 e. The van der Waals surface area contributed by atoms with E-state index in [0.29, 0.717) is 6.04 Å². The Labute approximate surface area is 118 Å². The molecule has 1 aromatic heterocycles. The van der Waals surface area contributed by atoms with Gasteiger partial charge in [-0.15, -0.1) is 0 Å². The van der Waals surface area contributed by atoms with Crippen molar-refractivity contribution in [1.29, 1.82) is 0 Å². The van der Waals surface area contributed by atoms with Crippen LogP contribution in [0.3, 0.4) is 0 Å². The summed E-state index contributed by atoms with van der Waals surface area (Å²) in [5, 5.41) is 3.92. The molecule has 1 amide bonds. The van der Waals surface area contributed by atoms with Gasteiger partial charge in [0, 0.05) is 50.7 Å². The number of carbonyl (C=O) groups excluding carboxylic acids is 1. The van der Waals surface area contributed by atoms with Crippen LogP contribution in [-0.2, 0) is 0 Å². The average Bonchev–Trinajstić information content (AvgIpc) is 3.10. The van der Waals surface area contributed by atoms with Gasteiger partial charge in [0.2, 0.25) is 0 Å². The van der Waals surface area contributed by atoms with E-state index in [1.807, 2.05) is 21.7 Å². The number of nitrogens with zero attached hydrogens (tertiary/aromatic N) is 3. The van der Waals surface area contributed by atoms with Crippen LogP contribution in [0.5, 0.6) is 0 Å². The van der Waals surface area contributed by atoms with Gasteiger partial charge < -0.3 is 9.80 Å². The zero-order valence-electron chi connectivity index (χ0n) is 11.4. The van der Waals surface area contributed by atoms with E-state index in [0.717, 1.165) is 51.3 Å². The Morgan fingerprint density at radius 1 is 1.26 bits per heavy atom. The van der Waals surface area contributed by atoms with Crippen LogP contribution in [0.15, 0.2) is 16.8 Å². The molecule has 0 radical (unpaired) electrons. The van der Waals surface area contributed by atoms with Crippen molar-refractivity contribution in [3.63, 3.8) is 0 Å². The molecular weight excluding hydrogens is 258 g/mol. The molecule has 5 heteroatoms. The zero-order valence-corrected chi connectivity index (χ0v) is 12.2. The lowest BCUT2D eigenvalue weighted by atomic mass is 10.2. The quantitative estimate of drug-likeness (QED) is 0.814. The summed E-state index contributed by atoms with van der Waals surface area (Å²) in [5.74, 6) is 0.206. The molecule has 4 nitrogen and oxygen atoms in total. The maximum atomic E-state index is 12.3. The molecule has 2 fully saturated rings. The number of hydrogen-bond acceptors (Lipinski definition) is 4. The molecule has 2 aliphatic rings. The van der Waals surface area contributed by atoms with Crippen LogP contribution < -0.4 is 0 Å². The van der Waals surface area contributed by atoms with Crippen LogP contribution in [0.2, 0.25) is 0 Å². The van der Waals surface area contributed by atoms with Crippen molar-refractivity contribution >= 4 is 17.2 Å². The number of likely N-dealkylation sites (tertiary alicyclic amines) is 1. The summed E-state index contributed by atoms with van der Waals surface area (Å²) in [6, 6.07) is 2.49. The first-order chi connectivity index (χ1) is 9.24. The van der Waals surface area contributed by atoms with E-state index in [9.17, 15) is 4.79 Å². The third-order valence-corrected chi connectivity index (χ3v) is 4.96. The molecule has 0 aliphatic carbocycles. The average molecular weight is 279 g/mol. The minimum Gasteiger partial charge on any atom is -0.337 e. The van der Waals surface area contributed by atoms with Crippen molar-refractivity contribution in [2.24, 2.45) is 0 Å². The van der Waals surface area contributed by atoms with Crippen molar-refractivity contribution in [2.75, 3.05) is 46.3 Å². The highest BCUT2D eigenvalue weighted by molar-refractivity contribution is 7.08. The predicted molar refractivity (Wildman–Crippen MR) is 77.7 cm³/mol. The van der Waals surface area contributed by atoms with Crippen molar-refractivity contribution < 1.29 is 4.79 Å². The number of thiophene rings is 1. The van der Waals surface area contributed by atoms with Gasteiger partial charge in [-0.3, -0.25) is 9.69 Å². The number of carbonyl (C=O) groups is 1. The standard InChI is InChI=1S/C14H21N3OS/c1-15-5-7-16(8-6-15)13-2-4-17(10-13)14(18)12-3-9-19-11-12/h3,9,11,13H,2,4-8,10H2,1H3/t13-/m0/s1. The van der Waals surface area contributed by atoms with E-state index in [1.165, 1.54) is 0 Å². The Morgan fingerprint density at radius 2 is 2.05 bits per heavy atom. The fraction of sp³-hybridized carbons (Fsp3) is 0.643. The molecular formula is C14H21N3OS. The van der Waals surface area contributed by atoms with E-state index in [-0.39, 0.29) is 5.91 Å². The number of likely N-dealkylation sites (N-methyl/N-ethyl adjacent to an activating group) is 1. The molecule has 0 saturated carbocycles. The van der Waals surface area contributed by atoms with E-state index in [4.69, 9.17) is 0 Å². The van der Waals surface area contributed by atoms with Gasteiger partial charge in [-0.25, -0.2) is 0 Å². The Kier molecular flexibility index (Phi) is 3.86. The Balaban J connectivity index is 1.57. The molecule has 0 spiro atoms. The predicted octanol–water partition coefficient (Wildman–Crippen LogP) is 1.21. The lowest BCUT2D eigenvalue weighted by Crippen LogP contribution is -2.49. The first-order valence-corrected chi connectivity index (χ1v) is 7.92. The number of rotatable bonds is 2. The van der Waals surface area contributed by atoms with Crippen LogP contribution in [0.1, 0.15) is 16.8 Å². The van der Waals surface area contributed by atoms with Crippen LogP contribution in [-0.4, -0.2) is 73.0 Å². The Morgan fingerprint density at radius 3 is 2.74 bits per heavy atom. The van der Waals surface area contributed by atoms with Crippen molar-refractivity contribution in [2.45, 2.75) is 12.5 Å². The third-order valence-electron chi connectivity index (χ3n) is 4.27. The van der Waals surface area contributed by atoms with Crippen LogP contribution >= 0.6 is 11.3 Å². The zero-order chi connectivity index (χ0) is 13.2. The lowest BCUT2D eigenvalue weighted by molar-refractivity contribution is 0.0756. The smallest absolute Gasteiger partial charge is 0.254 e. The highest BCUT2D eigenvalue weighted by Gasteiger charge is 2.31. The van der Waals surface area contributed by atoms with Crippen molar-refractivity contribution in [3.05, 3.63) is 22.4 Å². The topological polar surface area (TPSA) is 26.8 Å². The normalized spacial score (nSPS) is 25.9. The molecule has 2 saturated heterocycles. The highest BCUT2D eigenvalue weighted by atomic mass is 32.1. The van der Waals surface area contributed by atoms with Gasteiger partial charge in [-0.05, 0) is 24.9 Å². The van der Waals surface area contributed by atoms with Crippen LogP contribution in [0, 0.1) is 0 Å². The fourth-order valence-electron chi connectivity index (χ4n) is 2.98. The molecule has 0 bridgehead atoms. The maximum Gasteiger partial charge on any atom is 0.254 e. The van der Waals surface area contributed by atoms with Gasteiger partial charge in [0.05, 0.1) is 5.56 Å². The molecule has 3 heterocycles. The summed E-state index contributed by atoms with van der Waals surface area (Å²) >= 11 is 1.59. The van der Waals surface area contributed by atoms with Crippen LogP contribution in [0.4, 0.5) is 0 Å². The molecule has 3 rings (SSSR count). The minimum atomic E-state index is 0.206. The van der Waals surface area contributed by atoms with Gasteiger partial charge in [0.25, 0.3) is 5.91 Å². The molecule has 1 aromatic rings. The van der Waals surface area contributed by atoms with Gasteiger partial charge in [-0.2, -0.15) is 11.3 Å². The molecule has 0 aromatic carbocycles. The van der Waals surface area contributed by atoms with Gasteiger partial charge in [-0.1, -0.05) is 0 Å². The summed E-state index contributed by atoms with van der Waals surface area (Å²) < 4.78 is 0. The lowest BCUT2D eigenvalue weighted by Gasteiger charge is -2.36. The van der Waals surface area contributed by atoms with Crippen molar-refractivity contribution in [1.82, 2.24) is 14.7 Å². The molecule has 0 unspecified atom stereocenters. The Bertz CT molecular complexity index is 426. The summed E-state index contributed by atoms with van der Waals surface area (Å²) in [7, 11) is 2.18. The van der Waals surface area contributed by atoms with E-state index < -0.39 is 0 Å². The van der Waals surface area contributed by atoms with E-state index in [2.05, 4.69) is 16.8 Å². The SMILES string of the molecule is CN1CCN([C@H]2CCN(C(=O)c3ccsc3)C2)CC1. The second-order valence-corrected chi connectivity index (χ2v) is 6.32. The maximum absolute atomic E-state index is 12.3. The number of hydrogen-bond donors (Lipinski definition) is 0. The number of piperazine rings is 1. The second kappa shape index (κ2) is 5.61. The molecule has 2 aliphatic heterocycles. The Hall–Kier alpha value is -0.910. The molecule has 1 atom stereocenters. The van der Waals surface area contributed by atoms with Crippen molar-refractivity contribution in [3.8, 4) is 0 Å². The third kappa shape index (κ3) is 2.83. The molecule has 19 heavy (non-hydrogen) atoms. The van der Waals surface area contributed by atoms with E-state index >= 15 is 0 Å². The number of amides is 1. The monoisotopic (exact) mass is 279 g/mol. The summed E-state index contributed by atoms with van der Waals surface area (Å²) in [6.45, 7) is 6.39. The first-order valence-electron chi connectivity index (χ1n) is 6.98. The second-order valence-electron chi connectivity index (χ2n) is 5.54. The summed E-state index contributed by atoms with van der Waals surface area (Å²) in [5.41, 5.74) is 0.851. The summed E-state index contributed by atoms with van der Waals surface area (Å²) in [4.78, 5) is 19.2. The minimum absolute atomic E-state index is 0.206. The van der Waals surface area contributed by atoms with Gasteiger partial charge >= 0.3 is 0 Å². The van der Waals surface area contributed by atoms with Gasteiger partial charge in [0.15, 0.2) is 0 Å². The molecule has 104 valence electrons. The first kappa shape index (κ1) is 13.1. The van der Waals surface area contributed by atoms with Crippen LogP contribution in [0.25, 0.3) is 0 Å². The fourth-order valence-corrected chi connectivity index (χ4v) is 3.61. The highest BCUT2D eigenvalue weighted by Crippen LogP contribution is 2.20. The van der Waals surface area contributed by atoms with E-state index in [1.54, 1.807) is 11.3 Å². The summed E-state index contributed by atoms with van der Waals surface area (Å²) in [6.07, 6.45) is 1.12. The van der Waals surface area contributed by atoms with Gasteiger partial charge in [0.1, 0.15) is 0 Å².